The number of aromatic amines is 1. The van der Waals surface area contributed by atoms with Gasteiger partial charge in [0.1, 0.15) is 0 Å². The summed E-state index contributed by atoms with van der Waals surface area (Å²) in [4.78, 5) is 6.17. The van der Waals surface area contributed by atoms with Crippen molar-refractivity contribution in [3.05, 3.63) is 139 Å². The number of nitrogens with one attached hydrogen (secondary N) is 1. The van der Waals surface area contributed by atoms with Crippen molar-refractivity contribution in [2.24, 2.45) is 0 Å². The molecule has 3 heteroatoms. The quantitative estimate of drug-likeness (QED) is 0.252. The predicted octanol–water partition coefficient (Wildman–Crippen LogP) is 9.15. The zero-order chi connectivity index (χ0) is 25.5. The lowest BCUT2D eigenvalue weighted by Gasteiger charge is -2.28. The fourth-order valence-corrected chi connectivity index (χ4v) is 6.95. The number of fused-ring (bicyclic) bond motifs is 9. The summed E-state index contributed by atoms with van der Waals surface area (Å²) < 4.78 is 2.40. The van der Waals surface area contributed by atoms with Crippen LogP contribution in [0.4, 0.5) is 11.4 Å². The standard InChI is InChI=1S/C36H25N3/c1-5-13-33-25(9-1)26-10-2-6-14-34(26)38(33)23-17-19-31-29(21-23)30-22-24(18-20-32(30)37-31)39-35-15-7-3-11-27(35)28-12-4-8-16-36(28)39/h1-22,25,33,37H. The van der Waals surface area contributed by atoms with Gasteiger partial charge in [-0.3, -0.25) is 0 Å². The highest BCUT2D eigenvalue weighted by atomic mass is 15.2. The summed E-state index contributed by atoms with van der Waals surface area (Å²) in [6, 6.07) is 40.2. The fraction of sp³-hybridized carbons (Fsp3) is 0.0556. The zero-order valence-electron chi connectivity index (χ0n) is 21.3. The van der Waals surface area contributed by atoms with Crippen LogP contribution in [0.1, 0.15) is 11.5 Å². The Kier molecular flexibility index (Phi) is 4.17. The van der Waals surface area contributed by atoms with E-state index in [1.54, 1.807) is 0 Å². The van der Waals surface area contributed by atoms with Crippen LogP contribution in [-0.2, 0) is 0 Å². The first-order valence-corrected chi connectivity index (χ1v) is 13.6. The molecule has 0 radical (unpaired) electrons. The van der Waals surface area contributed by atoms with Crippen molar-refractivity contribution in [1.29, 1.82) is 0 Å². The summed E-state index contributed by atoms with van der Waals surface area (Å²) in [5.74, 6) is 0.381. The van der Waals surface area contributed by atoms with Gasteiger partial charge in [-0.1, -0.05) is 78.9 Å². The Morgan fingerprint density at radius 2 is 1.15 bits per heavy atom. The number of anilines is 2. The smallest absolute Gasteiger partial charge is 0.0629 e. The molecule has 0 saturated carbocycles. The second-order valence-corrected chi connectivity index (χ2v) is 10.7. The number of aromatic nitrogens is 2. The monoisotopic (exact) mass is 499 g/mol. The summed E-state index contributed by atoms with van der Waals surface area (Å²) in [6.07, 6.45) is 9.04. The van der Waals surface area contributed by atoms with E-state index in [0.717, 1.165) is 11.0 Å². The first-order chi connectivity index (χ1) is 19.3. The molecule has 0 spiro atoms. The summed E-state index contributed by atoms with van der Waals surface area (Å²) in [5.41, 5.74) is 9.89. The van der Waals surface area contributed by atoms with Gasteiger partial charge in [-0.15, -0.1) is 0 Å². The lowest BCUT2D eigenvalue weighted by molar-refractivity contribution is 0.745. The number of rotatable bonds is 2. The third-order valence-corrected chi connectivity index (χ3v) is 8.64. The van der Waals surface area contributed by atoms with Crippen LogP contribution in [0.3, 0.4) is 0 Å². The van der Waals surface area contributed by atoms with E-state index in [2.05, 4.69) is 148 Å². The third kappa shape index (κ3) is 2.87. The van der Waals surface area contributed by atoms with Gasteiger partial charge in [-0.05, 0) is 60.2 Å². The van der Waals surface area contributed by atoms with Crippen LogP contribution in [-0.4, -0.2) is 15.6 Å². The summed E-state index contributed by atoms with van der Waals surface area (Å²) in [5, 5.41) is 5.06. The number of hydrogen-bond donors (Lipinski definition) is 1. The average Bonchev–Trinajstić information content (AvgIpc) is 3.64. The first-order valence-electron chi connectivity index (χ1n) is 13.6. The molecular formula is C36H25N3. The molecule has 0 bridgehead atoms. The second-order valence-electron chi connectivity index (χ2n) is 10.7. The van der Waals surface area contributed by atoms with E-state index in [1.807, 2.05) is 0 Å². The molecule has 3 heterocycles. The van der Waals surface area contributed by atoms with Crippen LogP contribution in [0.15, 0.2) is 133 Å². The van der Waals surface area contributed by atoms with Crippen molar-refractivity contribution >= 4 is 55.0 Å². The largest absolute Gasteiger partial charge is 0.355 e. The van der Waals surface area contributed by atoms with Crippen LogP contribution in [0.25, 0.3) is 49.3 Å². The fourth-order valence-electron chi connectivity index (χ4n) is 6.95. The van der Waals surface area contributed by atoms with E-state index >= 15 is 0 Å². The van der Waals surface area contributed by atoms with Crippen LogP contribution in [0.2, 0.25) is 0 Å². The molecule has 2 unspecified atom stereocenters. The number of nitrogens with zero attached hydrogens (tertiary/aromatic N) is 2. The zero-order valence-corrected chi connectivity index (χ0v) is 21.3. The number of para-hydroxylation sites is 3. The number of allylic oxidation sites excluding steroid dienone is 2. The molecule has 1 N–H and O–H groups in total. The summed E-state index contributed by atoms with van der Waals surface area (Å²) in [6.45, 7) is 0. The van der Waals surface area contributed by atoms with Gasteiger partial charge in [-0.2, -0.15) is 0 Å². The Morgan fingerprint density at radius 1 is 0.538 bits per heavy atom. The van der Waals surface area contributed by atoms with Gasteiger partial charge in [0, 0.05) is 55.6 Å². The molecule has 0 fully saturated rings. The van der Waals surface area contributed by atoms with Crippen molar-refractivity contribution in [2.45, 2.75) is 12.0 Å². The van der Waals surface area contributed by atoms with Gasteiger partial charge in [0.15, 0.2) is 0 Å². The lowest BCUT2D eigenvalue weighted by Crippen LogP contribution is -2.28. The van der Waals surface area contributed by atoms with Crippen molar-refractivity contribution in [3.63, 3.8) is 0 Å². The van der Waals surface area contributed by atoms with Gasteiger partial charge >= 0.3 is 0 Å². The van der Waals surface area contributed by atoms with E-state index in [1.165, 1.54) is 55.2 Å². The Balaban J connectivity index is 1.26. The van der Waals surface area contributed by atoms with Crippen molar-refractivity contribution in [1.82, 2.24) is 9.55 Å². The lowest BCUT2D eigenvalue weighted by atomic mass is 9.91. The molecule has 2 aliphatic rings. The highest BCUT2D eigenvalue weighted by Gasteiger charge is 2.37. The molecule has 0 amide bonds. The van der Waals surface area contributed by atoms with Crippen molar-refractivity contribution < 1.29 is 0 Å². The van der Waals surface area contributed by atoms with Crippen LogP contribution < -0.4 is 4.90 Å². The van der Waals surface area contributed by atoms with Gasteiger partial charge in [0.05, 0.1) is 17.1 Å². The Bertz CT molecular complexity index is 2100. The van der Waals surface area contributed by atoms with Gasteiger partial charge in [0.2, 0.25) is 0 Å². The minimum Gasteiger partial charge on any atom is -0.355 e. The van der Waals surface area contributed by atoms with Crippen LogP contribution >= 0.6 is 0 Å². The first kappa shape index (κ1) is 21.0. The molecule has 3 nitrogen and oxygen atoms in total. The van der Waals surface area contributed by atoms with Crippen molar-refractivity contribution in [3.8, 4) is 5.69 Å². The Morgan fingerprint density at radius 3 is 1.92 bits per heavy atom. The molecule has 9 rings (SSSR count). The van der Waals surface area contributed by atoms with E-state index in [9.17, 15) is 0 Å². The minimum atomic E-state index is 0.295. The third-order valence-electron chi connectivity index (χ3n) is 8.64. The van der Waals surface area contributed by atoms with E-state index < -0.39 is 0 Å². The van der Waals surface area contributed by atoms with Crippen LogP contribution in [0, 0.1) is 0 Å². The molecule has 184 valence electrons. The number of benzene rings is 5. The highest BCUT2D eigenvalue weighted by Crippen LogP contribution is 2.48. The average molecular weight is 500 g/mol. The molecular weight excluding hydrogens is 474 g/mol. The molecule has 0 saturated heterocycles. The molecule has 2 aromatic heterocycles. The highest BCUT2D eigenvalue weighted by molar-refractivity contribution is 6.11. The summed E-state index contributed by atoms with van der Waals surface area (Å²) >= 11 is 0. The maximum absolute atomic E-state index is 3.67. The van der Waals surface area contributed by atoms with Gasteiger partial charge in [0.25, 0.3) is 0 Å². The molecule has 39 heavy (non-hydrogen) atoms. The topological polar surface area (TPSA) is 24.0 Å². The Hall–Kier alpha value is -5.02. The van der Waals surface area contributed by atoms with Crippen molar-refractivity contribution in [2.75, 3.05) is 4.90 Å². The number of H-pyrrole nitrogens is 1. The minimum absolute atomic E-state index is 0.295. The van der Waals surface area contributed by atoms with Gasteiger partial charge in [-0.25, -0.2) is 0 Å². The Labute approximate surface area is 225 Å². The molecule has 7 aromatic rings. The molecule has 2 atom stereocenters. The maximum atomic E-state index is 3.67. The predicted molar refractivity (Wildman–Crippen MR) is 164 cm³/mol. The van der Waals surface area contributed by atoms with E-state index in [4.69, 9.17) is 0 Å². The van der Waals surface area contributed by atoms with E-state index in [0.29, 0.717) is 12.0 Å². The SMILES string of the molecule is C1=CC2c3ccccc3N(c3ccc4[nH]c5ccc(-n6c7ccccc7c7ccccc76)cc5c4c3)C2C=C1. The number of hydrogen-bond acceptors (Lipinski definition) is 1. The second kappa shape index (κ2) is 7.75. The molecule has 1 aliphatic heterocycles. The maximum Gasteiger partial charge on any atom is 0.0629 e. The molecule has 5 aromatic carbocycles. The molecule has 1 aliphatic carbocycles. The van der Waals surface area contributed by atoms with Gasteiger partial charge < -0.3 is 14.5 Å². The summed E-state index contributed by atoms with van der Waals surface area (Å²) in [7, 11) is 0. The van der Waals surface area contributed by atoms with Crippen LogP contribution in [0.5, 0.6) is 0 Å². The van der Waals surface area contributed by atoms with E-state index in [-0.39, 0.29) is 0 Å². The normalized spacial score (nSPS) is 18.0.